The van der Waals surface area contributed by atoms with Crippen LogP contribution >= 0.6 is 0 Å². The lowest BCUT2D eigenvalue weighted by Crippen LogP contribution is -2.37. The molecule has 0 amide bonds. The lowest BCUT2D eigenvalue weighted by atomic mass is 10.0. The first-order valence-corrected chi connectivity index (χ1v) is 10.2. The molecule has 0 atom stereocenters. The normalized spacial score (nSPS) is 15.6. The third-order valence-electron chi connectivity index (χ3n) is 5.33. The number of aryl methyl sites for hydroxylation is 1. The fourth-order valence-corrected chi connectivity index (χ4v) is 3.75. The maximum absolute atomic E-state index is 5.16. The van der Waals surface area contributed by atoms with Crippen LogP contribution < -0.4 is 10.6 Å². The first-order valence-electron chi connectivity index (χ1n) is 10.2. The molecule has 6 nitrogen and oxygen atoms in total. The van der Waals surface area contributed by atoms with Gasteiger partial charge in [0.15, 0.2) is 5.96 Å². The van der Waals surface area contributed by atoms with Gasteiger partial charge in [0.05, 0.1) is 25.4 Å². The summed E-state index contributed by atoms with van der Waals surface area (Å²) in [5, 5.41) is 11.5. The second kappa shape index (κ2) is 11.2. The van der Waals surface area contributed by atoms with Crippen LogP contribution in [0.3, 0.4) is 0 Å². The Morgan fingerprint density at radius 1 is 1.27 bits per heavy atom. The van der Waals surface area contributed by atoms with E-state index in [2.05, 4.69) is 36.5 Å². The van der Waals surface area contributed by atoms with Crippen LogP contribution in [0.15, 0.2) is 4.99 Å². The predicted octanol–water partition coefficient (Wildman–Crippen LogP) is 3.17. The molecule has 26 heavy (non-hydrogen) atoms. The highest BCUT2D eigenvalue weighted by atomic mass is 16.5. The van der Waals surface area contributed by atoms with E-state index in [0.717, 1.165) is 37.2 Å². The number of hydrogen-bond acceptors (Lipinski definition) is 3. The molecule has 1 heterocycles. The molecular formula is C20H37N5O. The van der Waals surface area contributed by atoms with Gasteiger partial charge in [0, 0.05) is 31.5 Å². The van der Waals surface area contributed by atoms with Crippen molar-refractivity contribution in [2.45, 2.75) is 72.4 Å². The molecule has 0 radical (unpaired) electrons. The maximum Gasteiger partial charge on any atom is 0.191 e. The molecular weight excluding hydrogens is 326 g/mol. The van der Waals surface area contributed by atoms with Crippen LogP contribution in [0.1, 0.15) is 62.4 Å². The third-order valence-corrected chi connectivity index (χ3v) is 5.33. The predicted molar refractivity (Wildman–Crippen MR) is 108 cm³/mol. The van der Waals surface area contributed by atoms with Crippen molar-refractivity contribution >= 4 is 5.96 Å². The summed E-state index contributed by atoms with van der Waals surface area (Å²) in [6, 6.07) is 0. The van der Waals surface area contributed by atoms with Gasteiger partial charge in [-0.15, -0.1) is 0 Å². The number of rotatable bonds is 10. The van der Waals surface area contributed by atoms with E-state index in [-0.39, 0.29) is 0 Å². The second-order valence-electron chi connectivity index (χ2n) is 7.28. The highest BCUT2D eigenvalue weighted by Crippen LogP contribution is 2.28. The summed E-state index contributed by atoms with van der Waals surface area (Å²) in [5.41, 5.74) is 3.45. The Labute approximate surface area is 158 Å². The number of hydrogen-bond donors (Lipinski definition) is 2. The Kier molecular flexibility index (Phi) is 8.95. The molecule has 1 aliphatic rings. The molecule has 0 aromatic carbocycles. The zero-order valence-corrected chi connectivity index (χ0v) is 17.1. The van der Waals surface area contributed by atoms with Crippen LogP contribution in [0, 0.1) is 19.8 Å². The molecule has 0 saturated heterocycles. The zero-order valence-electron chi connectivity index (χ0n) is 17.1. The lowest BCUT2D eigenvalue weighted by Gasteiger charge is -2.13. The number of aliphatic imine (C=N–C) groups is 1. The highest BCUT2D eigenvalue weighted by Gasteiger charge is 2.14. The van der Waals surface area contributed by atoms with Gasteiger partial charge in [-0.05, 0) is 39.5 Å². The van der Waals surface area contributed by atoms with Crippen molar-refractivity contribution in [1.82, 2.24) is 20.4 Å². The minimum absolute atomic E-state index is 0.655. The van der Waals surface area contributed by atoms with Gasteiger partial charge in [-0.2, -0.15) is 5.10 Å². The molecule has 0 spiro atoms. The average Bonchev–Trinajstić information content (AvgIpc) is 3.23. The van der Waals surface area contributed by atoms with Crippen LogP contribution in [0.25, 0.3) is 0 Å². The van der Waals surface area contributed by atoms with Gasteiger partial charge in [-0.25, -0.2) is 4.99 Å². The SMILES string of the molecule is CCNC(=NCc1c(C)nn(CCOC)c1C)NCCCC1CCCC1. The Morgan fingerprint density at radius 2 is 2.04 bits per heavy atom. The second-order valence-corrected chi connectivity index (χ2v) is 7.28. The Morgan fingerprint density at radius 3 is 2.73 bits per heavy atom. The standard InChI is InChI=1S/C20H37N5O/c1-5-21-20(22-12-8-11-18-9-6-7-10-18)23-15-19-16(2)24-25(17(19)3)13-14-26-4/h18H,5-15H2,1-4H3,(H2,21,22,23). The van der Waals surface area contributed by atoms with Crippen LogP contribution in [-0.2, 0) is 17.8 Å². The van der Waals surface area contributed by atoms with Gasteiger partial charge in [-0.1, -0.05) is 25.7 Å². The molecule has 0 unspecified atom stereocenters. The Hall–Kier alpha value is -1.56. The fraction of sp³-hybridized carbons (Fsp3) is 0.800. The van der Waals surface area contributed by atoms with Crippen LogP contribution in [0.2, 0.25) is 0 Å². The fourth-order valence-electron chi connectivity index (χ4n) is 3.75. The molecule has 2 N–H and O–H groups in total. The van der Waals surface area contributed by atoms with Crippen LogP contribution in [-0.4, -0.2) is 42.5 Å². The molecule has 1 aromatic heterocycles. The van der Waals surface area contributed by atoms with Crippen molar-refractivity contribution in [3.8, 4) is 0 Å². The quantitative estimate of drug-likeness (QED) is 0.381. The van der Waals surface area contributed by atoms with Crippen molar-refractivity contribution in [1.29, 1.82) is 0 Å². The summed E-state index contributed by atoms with van der Waals surface area (Å²) in [5.74, 6) is 1.86. The number of guanidine groups is 1. The summed E-state index contributed by atoms with van der Waals surface area (Å²) in [6.45, 7) is 10.3. The summed E-state index contributed by atoms with van der Waals surface area (Å²) in [4.78, 5) is 4.78. The lowest BCUT2D eigenvalue weighted by molar-refractivity contribution is 0.182. The van der Waals surface area contributed by atoms with Gasteiger partial charge in [0.25, 0.3) is 0 Å². The Balaban J connectivity index is 1.86. The monoisotopic (exact) mass is 363 g/mol. The van der Waals surface area contributed by atoms with E-state index in [4.69, 9.17) is 9.73 Å². The summed E-state index contributed by atoms with van der Waals surface area (Å²) in [7, 11) is 1.72. The molecule has 2 rings (SSSR count). The molecule has 1 fully saturated rings. The molecule has 1 saturated carbocycles. The van der Waals surface area contributed by atoms with Gasteiger partial charge >= 0.3 is 0 Å². The van der Waals surface area contributed by atoms with E-state index in [0.29, 0.717) is 13.2 Å². The number of aromatic nitrogens is 2. The van der Waals surface area contributed by atoms with Crippen molar-refractivity contribution in [3.05, 3.63) is 17.0 Å². The number of ether oxygens (including phenoxy) is 1. The average molecular weight is 364 g/mol. The molecule has 6 heteroatoms. The third kappa shape index (κ3) is 6.31. The van der Waals surface area contributed by atoms with E-state index >= 15 is 0 Å². The van der Waals surface area contributed by atoms with Crippen LogP contribution in [0.4, 0.5) is 0 Å². The molecule has 1 aliphatic carbocycles. The van der Waals surface area contributed by atoms with E-state index in [1.807, 2.05) is 4.68 Å². The Bertz CT molecular complexity index is 561. The van der Waals surface area contributed by atoms with Gasteiger partial charge in [0.1, 0.15) is 0 Å². The van der Waals surface area contributed by atoms with Gasteiger partial charge < -0.3 is 15.4 Å². The first kappa shape index (κ1) is 20.7. The smallest absolute Gasteiger partial charge is 0.191 e. The first-order chi connectivity index (χ1) is 12.7. The van der Waals surface area contributed by atoms with Crippen molar-refractivity contribution in [2.24, 2.45) is 10.9 Å². The van der Waals surface area contributed by atoms with Crippen molar-refractivity contribution < 1.29 is 4.74 Å². The van der Waals surface area contributed by atoms with Crippen molar-refractivity contribution in [2.75, 3.05) is 26.8 Å². The summed E-state index contributed by atoms with van der Waals surface area (Å²) in [6.07, 6.45) is 8.29. The molecule has 148 valence electrons. The number of nitrogens with one attached hydrogen (secondary N) is 2. The van der Waals surface area contributed by atoms with E-state index in [9.17, 15) is 0 Å². The maximum atomic E-state index is 5.16. The van der Waals surface area contributed by atoms with Gasteiger partial charge in [-0.3, -0.25) is 4.68 Å². The van der Waals surface area contributed by atoms with E-state index in [1.165, 1.54) is 49.8 Å². The molecule has 0 aliphatic heterocycles. The summed E-state index contributed by atoms with van der Waals surface area (Å²) >= 11 is 0. The topological polar surface area (TPSA) is 63.5 Å². The summed E-state index contributed by atoms with van der Waals surface area (Å²) < 4.78 is 7.18. The molecule has 0 bridgehead atoms. The number of nitrogens with zero attached hydrogens (tertiary/aromatic N) is 3. The van der Waals surface area contributed by atoms with Crippen molar-refractivity contribution in [3.63, 3.8) is 0 Å². The number of methoxy groups -OCH3 is 1. The molecule has 1 aromatic rings. The largest absolute Gasteiger partial charge is 0.383 e. The van der Waals surface area contributed by atoms with E-state index < -0.39 is 0 Å². The van der Waals surface area contributed by atoms with E-state index in [1.54, 1.807) is 7.11 Å². The van der Waals surface area contributed by atoms with Gasteiger partial charge in [0.2, 0.25) is 0 Å². The highest BCUT2D eigenvalue weighted by molar-refractivity contribution is 5.79. The minimum atomic E-state index is 0.655. The zero-order chi connectivity index (χ0) is 18.8. The minimum Gasteiger partial charge on any atom is -0.383 e. The van der Waals surface area contributed by atoms with Crippen LogP contribution in [0.5, 0.6) is 0 Å².